The highest BCUT2D eigenvalue weighted by molar-refractivity contribution is 6.76. The van der Waals surface area contributed by atoms with E-state index in [2.05, 4.69) is 97.4 Å². The van der Waals surface area contributed by atoms with Crippen LogP contribution in [-0.2, 0) is 11.5 Å². The molecule has 1 N–H and O–H groups in total. The fourth-order valence-corrected chi connectivity index (χ4v) is 9.39. The lowest BCUT2D eigenvalue weighted by atomic mass is 9.75. The topological polar surface area (TPSA) is 142 Å². The number of fused-ring (bicyclic) bond motifs is 4. The van der Waals surface area contributed by atoms with E-state index >= 15 is 0 Å². The molecule has 0 aromatic carbocycles. The Bertz CT molecular complexity index is 1910. The average molecular weight is 695 g/mol. The molecule has 264 valence electrons. The van der Waals surface area contributed by atoms with Crippen LogP contribution in [0.15, 0.2) is 37.2 Å². The summed E-state index contributed by atoms with van der Waals surface area (Å²) in [6.45, 7) is 20.4. The van der Waals surface area contributed by atoms with Crippen LogP contribution in [0.2, 0.25) is 25.7 Å². The molecule has 13 nitrogen and oxygen atoms in total. The fraction of sp³-hybridized carbons (Fsp3) is 0.611. The van der Waals surface area contributed by atoms with Crippen LogP contribution in [0, 0.1) is 45.6 Å². The van der Waals surface area contributed by atoms with Gasteiger partial charge in [0.2, 0.25) is 0 Å². The maximum Gasteiger partial charge on any atom is 0.179 e. The maximum atomic E-state index is 9.32. The smallest absolute Gasteiger partial charge is 0.179 e. The number of anilines is 2. The molecule has 0 amide bonds. The molecule has 0 aliphatic carbocycles. The molecule has 0 spiro atoms. The molecule has 0 unspecified atom stereocenters. The van der Waals surface area contributed by atoms with Crippen LogP contribution >= 0.6 is 0 Å². The van der Waals surface area contributed by atoms with E-state index in [0.717, 1.165) is 106 Å². The second kappa shape index (κ2) is 13.4. The Morgan fingerprint density at radius 3 is 2.04 bits per heavy atom. The third-order valence-corrected chi connectivity index (χ3v) is 13.2. The number of nitrogens with one attached hydrogen (secondary N) is 1. The molecule has 0 saturated carbocycles. The van der Waals surface area contributed by atoms with Gasteiger partial charge in [0.1, 0.15) is 42.3 Å². The van der Waals surface area contributed by atoms with Gasteiger partial charge in [0.25, 0.3) is 0 Å². The monoisotopic (exact) mass is 694 g/mol. The van der Waals surface area contributed by atoms with Crippen molar-refractivity contribution >= 4 is 41.8 Å². The zero-order valence-corrected chi connectivity index (χ0v) is 31.1. The predicted octanol–water partition coefficient (Wildman–Crippen LogP) is 4.96. The summed E-state index contributed by atoms with van der Waals surface area (Å²) in [6.07, 6.45) is 14.1. The summed E-state index contributed by atoms with van der Waals surface area (Å²) in [5.41, 5.74) is 2.12. The summed E-state index contributed by atoms with van der Waals surface area (Å²) in [6, 6.07) is 5.31. The molecule has 8 heterocycles. The first kappa shape index (κ1) is 34.1. The summed E-state index contributed by atoms with van der Waals surface area (Å²) in [7, 11) is -1.08. The first-order valence-electron chi connectivity index (χ1n) is 17.9. The van der Waals surface area contributed by atoms with E-state index in [1.54, 1.807) is 12.7 Å². The SMILES string of the molecule is C[C@@]12CN(C#N)C[C@@H]1CCN(c1ncnc3[nH]ccc13)C2.C[C@@]12CN(C#N)C[C@@H]1CCN(c1ncnc3c1ccn3COCC[Si](C)(C)C)C2. The van der Waals surface area contributed by atoms with Crippen LogP contribution in [0.5, 0.6) is 0 Å². The maximum absolute atomic E-state index is 9.32. The Kier molecular flexibility index (Phi) is 9.11. The van der Waals surface area contributed by atoms with Crippen molar-refractivity contribution in [2.75, 3.05) is 68.8 Å². The summed E-state index contributed by atoms with van der Waals surface area (Å²) in [4.78, 5) is 29.6. The molecule has 4 aliphatic heterocycles. The van der Waals surface area contributed by atoms with Crippen LogP contribution in [0.1, 0.15) is 26.7 Å². The number of H-pyrrole nitrogens is 1. The van der Waals surface area contributed by atoms with Gasteiger partial charge in [-0.1, -0.05) is 33.5 Å². The number of piperidine rings is 2. The Balaban J connectivity index is 0.000000165. The van der Waals surface area contributed by atoms with Gasteiger partial charge in [-0.25, -0.2) is 19.9 Å². The number of aromatic nitrogens is 6. The average Bonchev–Trinajstić information content (AvgIpc) is 3.88. The number of rotatable bonds is 7. The second-order valence-electron chi connectivity index (χ2n) is 16.6. The number of hydrogen-bond acceptors (Lipinski definition) is 11. The lowest BCUT2D eigenvalue weighted by molar-refractivity contribution is 0.0899. The molecule has 8 rings (SSSR count). The van der Waals surface area contributed by atoms with E-state index in [9.17, 15) is 5.26 Å². The van der Waals surface area contributed by atoms with E-state index < -0.39 is 8.07 Å². The van der Waals surface area contributed by atoms with Gasteiger partial charge in [0.05, 0.1) is 10.8 Å². The molecular formula is C36H50N12OSi. The van der Waals surface area contributed by atoms with Crippen molar-refractivity contribution in [3.8, 4) is 12.4 Å². The molecular weight excluding hydrogens is 645 g/mol. The zero-order valence-electron chi connectivity index (χ0n) is 30.1. The van der Waals surface area contributed by atoms with Crippen molar-refractivity contribution in [2.45, 2.75) is 59.1 Å². The van der Waals surface area contributed by atoms with Crippen LogP contribution < -0.4 is 9.80 Å². The van der Waals surface area contributed by atoms with Gasteiger partial charge in [0, 0.05) is 90.3 Å². The normalized spacial score (nSPS) is 26.4. The van der Waals surface area contributed by atoms with Crippen molar-refractivity contribution in [1.82, 2.24) is 39.3 Å². The lowest BCUT2D eigenvalue weighted by Gasteiger charge is -2.42. The minimum atomic E-state index is -1.08. The fourth-order valence-electron chi connectivity index (χ4n) is 8.64. The van der Waals surface area contributed by atoms with Crippen molar-refractivity contribution in [3.63, 3.8) is 0 Å². The summed E-state index contributed by atoms with van der Waals surface area (Å²) in [5.74, 6) is 3.21. The first-order valence-corrected chi connectivity index (χ1v) is 21.6. The Labute approximate surface area is 295 Å². The van der Waals surface area contributed by atoms with Crippen LogP contribution in [0.25, 0.3) is 22.1 Å². The molecule has 4 saturated heterocycles. The summed E-state index contributed by atoms with van der Waals surface area (Å²) < 4.78 is 8.01. The molecule has 0 bridgehead atoms. The molecule has 4 aromatic heterocycles. The Morgan fingerprint density at radius 1 is 0.840 bits per heavy atom. The van der Waals surface area contributed by atoms with Crippen LogP contribution in [-0.4, -0.2) is 106 Å². The van der Waals surface area contributed by atoms with E-state index in [1.165, 1.54) is 6.04 Å². The molecule has 4 aromatic rings. The quantitative estimate of drug-likeness (QED) is 0.159. The molecule has 14 heteroatoms. The summed E-state index contributed by atoms with van der Waals surface area (Å²) in [5, 5.41) is 20.6. The largest absolute Gasteiger partial charge is 0.361 e. The highest BCUT2D eigenvalue weighted by Crippen LogP contribution is 2.44. The van der Waals surface area contributed by atoms with Crippen LogP contribution in [0.3, 0.4) is 0 Å². The molecule has 4 atom stereocenters. The highest BCUT2D eigenvalue weighted by Gasteiger charge is 2.48. The Morgan fingerprint density at radius 2 is 1.44 bits per heavy atom. The number of nitrogens with zero attached hydrogens (tertiary/aromatic N) is 11. The molecule has 4 aliphatic rings. The number of aromatic amines is 1. The van der Waals surface area contributed by atoms with E-state index in [-0.39, 0.29) is 10.8 Å². The van der Waals surface area contributed by atoms with Gasteiger partial charge in [0.15, 0.2) is 12.4 Å². The van der Waals surface area contributed by atoms with E-state index in [4.69, 9.17) is 10.00 Å². The second-order valence-corrected chi connectivity index (χ2v) is 22.2. The minimum Gasteiger partial charge on any atom is -0.361 e. The number of nitriles is 2. The predicted molar refractivity (Wildman–Crippen MR) is 197 cm³/mol. The lowest BCUT2D eigenvalue weighted by Crippen LogP contribution is -2.47. The molecule has 50 heavy (non-hydrogen) atoms. The van der Waals surface area contributed by atoms with Crippen molar-refractivity contribution in [3.05, 3.63) is 37.2 Å². The Hall–Kier alpha value is -4.40. The van der Waals surface area contributed by atoms with Gasteiger partial charge in [-0.15, -0.1) is 0 Å². The minimum absolute atomic E-state index is 0.133. The van der Waals surface area contributed by atoms with Gasteiger partial charge >= 0.3 is 0 Å². The van der Waals surface area contributed by atoms with E-state index in [0.29, 0.717) is 18.6 Å². The van der Waals surface area contributed by atoms with Crippen molar-refractivity contribution in [1.29, 1.82) is 10.5 Å². The third kappa shape index (κ3) is 6.71. The van der Waals surface area contributed by atoms with E-state index in [1.807, 2.05) is 22.1 Å². The zero-order chi connectivity index (χ0) is 35.1. The van der Waals surface area contributed by atoms with Gasteiger partial charge in [-0.3, -0.25) is 0 Å². The summed E-state index contributed by atoms with van der Waals surface area (Å²) >= 11 is 0. The van der Waals surface area contributed by atoms with Gasteiger partial charge in [-0.05, 0) is 42.9 Å². The standard InChI is InChI=1S/C21H32N6OSi.C15H18N6/c1-21-12-25(14-22)11-17(21)5-7-26(13-21)19-18-6-8-27(20(18)24-15-23-19)16-28-9-10-29(2,3)4;1-15-7-20(9-16)6-11(15)3-5-21(8-15)14-12-2-4-17-13(12)18-10-19-14/h6,8,15,17H,5,7,9-13,16H2,1-4H3;2,4,10-11H,3,5-8H2,1H3,(H,17,18,19)/t17-,21-;11-,15-/m00/s1. The highest BCUT2D eigenvalue weighted by atomic mass is 28.3. The van der Waals surface area contributed by atoms with Gasteiger partial charge in [-0.2, -0.15) is 10.5 Å². The number of hydrogen-bond donors (Lipinski definition) is 1. The first-order chi connectivity index (χ1) is 24.0. The van der Waals surface area contributed by atoms with Crippen molar-refractivity contribution in [2.24, 2.45) is 22.7 Å². The van der Waals surface area contributed by atoms with Crippen molar-refractivity contribution < 1.29 is 4.74 Å². The molecule has 0 radical (unpaired) electrons. The van der Waals surface area contributed by atoms with Crippen LogP contribution in [0.4, 0.5) is 11.6 Å². The number of ether oxygens (including phenoxy) is 1. The third-order valence-electron chi connectivity index (χ3n) is 11.5. The number of likely N-dealkylation sites (tertiary alicyclic amines) is 2. The molecule has 4 fully saturated rings. The van der Waals surface area contributed by atoms with Gasteiger partial charge < -0.3 is 33.9 Å².